The van der Waals surface area contributed by atoms with Gasteiger partial charge in [0.1, 0.15) is 0 Å². The maximum atomic E-state index is 12.0. The van der Waals surface area contributed by atoms with Crippen LogP contribution < -0.4 is 27.0 Å². The number of nitrogens with two attached hydrogens (primary N) is 1. The van der Waals surface area contributed by atoms with E-state index in [0.29, 0.717) is 57.6 Å². The number of aromatic nitrogens is 1. The van der Waals surface area contributed by atoms with E-state index < -0.39 is 6.04 Å². The van der Waals surface area contributed by atoms with Gasteiger partial charge in [0.2, 0.25) is 11.8 Å². The topological polar surface area (TPSA) is 160 Å². The van der Waals surface area contributed by atoms with Crippen LogP contribution in [0.5, 0.6) is 0 Å². The second kappa shape index (κ2) is 15.0. The van der Waals surface area contributed by atoms with Crippen LogP contribution in [0.3, 0.4) is 0 Å². The van der Waals surface area contributed by atoms with E-state index in [1.165, 1.54) is 0 Å². The molecule has 4 unspecified atom stereocenters. The van der Waals surface area contributed by atoms with Crippen LogP contribution in [-0.4, -0.2) is 91.5 Å². The average Bonchev–Trinajstić information content (AvgIpc) is 3.56. The molecule has 0 aliphatic carbocycles. The SMILES string of the molecule is NC(Cc1ccc[nH]1)C(=O)NCCOCCOCCNC(=O)CCCCC1SCC2NC(=O)NC21. The zero-order valence-corrected chi connectivity index (χ0v) is 20.9. The minimum Gasteiger partial charge on any atom is -0.377 e. The van der Waals surface area contributed by atoms with Crippen molar-refractivity contribution in [3.8, 4) is 0 Å². The highest BCUT2D eigenvalue weighted by atomic mass is 32.2. The molecule has 1 aromatic rings. The lowest BCUT2D eigenvalue weighted by atomic mass is 10.0. The molecule has 196 valence electrons. The third-order valence-corrected chi connectivity index (χ3v) is 7.51. The number of H-pyrrole nitrogens is 1. The Morgan fingerprint density at radius 2 is 1.89 bits per heavy atom. The number of rotatable bonds is 17. The van der Waals surface area contributed by atoms with Crippen molar-refractivity contribution < 1.29 is 23.9 Å². The third kappa shape index (κ3) is 9.71. The first-order chi connectivity index (χ1) is 17.0. The summed E-state index contributed by atoms with van der Waals surface area (Å²) in [5.74, 6) is 0.781. The lowest BCUT2D eigenvalue weighted by Crippen LogP contribution is -2.43. The number of carbonyl (C=O) groups excluding carboxylic acids is 3. The Morgan fingerprint density at radius 1 is 1.11 bits per heavy atom. The van der Waals surface area contributed by atoms with Crippen LogP contribution >= 0.6 is 11.8 Å². The predicted octanol–water partition coefficient (Wildman–Crippen LogP) is -0.124. The summed E-state index contributed by atoms with van der Waals surface area (Å²) in [6.07, 6.45) is 5.58. The van der Waals surface area contributed by atoms with Crippen molar-refractivity contribution >= 4 is 29.6 Å². The number of aromatic amines is 1. The Bertz CT molecular complexity index is 795. The Morgan fingerprint density at radius 3 is 2.63 bits per heavy atom. The molecule has 0 aromatic carbocycles. The summed E-state index contributed by atoms with van der Waals surface area (Å²) in [7, 11) is 0. The number of nitrogens with one attached hydrogen (secondary N) is 5. The van der Waals surface area contributed by atoms with Gasteiger partial charge in [-0.3, -0.25) is 9.59 Å². The van der Waals surface area contributed by atoms with Gasteiger partial charge in [-0.15, -0.1) is 0 Å². The highest BCUT2D eigenvalue weighted by molar-refractivity contribution is 8.00. The number of hydrogen-bond donors (Lipinski definition) is 6. The van der Waals surface area contributed by atoms with Crippen molar-refractivity contribution in [2.75, 3.05) is 45.3 Å². The molecule has 2 aliphatic rings. The number of fused-ring (bicyclic) bond motifs is 1. The fourth-order valence-corrected chi connectivity index (χ4v) is 5.69. The number of hydrogen-bond acceptors (Lipinski definition) is 7. The molecule has 12 heteroatoms. The van der Waals surface area contributed by atoms with Crippen molar-refractivity contribution in [2.24, 2.45) is 5.73 Å². The number of carbonyl (C=O) groups is 3. The van der Waals surface area contributed by atoms with Crippen LogP contribution in [0.15, 0.2) is 18.3 Å². The van der Waals surface area contributed by atoms with Gasteiger partial charge in [-0.2, -0.15) is 11.8 Å². The van der Waals surface area contributed by atoms with Crippen molar-refractivity contribution in [1.29, 1.82) is 0 Å². The molecule has 4 amide bonds. The molecule has 1 aromatic heterocycles. The molecule has 11 nitrogen and oxygen atoms in total. The molecule has 2 saturated heterocycles. The smallest absolute Gasteiger partial charge is 0.315 e. The Kier molecular flexibility index (Phi) is 11.7. The van der Waals surface area contributed by atoms with Crippen molar-refractivity contribution in [1.82, 2.24) is 26.3 Å². The van der Waals surface area contributed by atoms with Gasteiger partial charge in [0.15, 0.2) is 0 Å². The molecule has 3 rings (SSSR count). The normalized spacial score (nSPS) is 21.7. The fourth-order valence-electron chi connectivity index (χ4n) is 4.15. The van der Waals surface area contributed by atoms with E-state index in [4.69, 9.17) is 15.2 Å². The molecular weight excluding hydrogens is 472 g/mol. The summed E-state index contributed by atoms with van der Waals surface area (Å²) in [6, 6.07) is 3.57. The minimum atomic E-state index is -0.597. The van der Waals surface area contributed by atoms with E-state index in [9.17, 15) is 14.4 Å². The summed E-state index contributed by atoms with van der Waals surface area (Å²) in [5, 5.41) is 12.0. The molecule has 3 heterocycles. The first-order valence-electron chi connectivity index (χ1n) is 12.3. The van der Waals surface area contributed by atoms with E-state index in [-0.39, 0.29) is 29.9 Å². The summed E-state index contributed by atoms with van der Waals surface area (Å²) in [5.41, 5.74) is 6.81. The quantitative estimate of drug-likeness (QED) is 0.126. The van der Waals surface area contributed by atoms with E-state index in [1.807, 2.05) is 23.9 Å². The first kappa shape index (κ1) is 27.3. The second-order valence-electron chi connectivity index (χ2n) is 8.74. The Labute approximate surface area is 210 Å². The van der Waals surface area contributed by atoms with Gasteiger partial charge in [0.25, 0.3) is 0 Å². The van der Waals surface area contributed by atoms with Gasteiger partial charge in [-0.1, -0.05) is 6.42 Å². The van der Waals surface area contributed by atoms with Crippen LogP contribution in [0.25, 0.3) is 0 Å². The zero-order valence-electron chi connectivity index (χ0n) is 20.1. The van der Waals surface area contributed by atoms with Gasteiger partial charge < -0.3 is 41.5 Å². The maximum Gasteiger partial charge on any atom is 0.315 e. The number of unbranched alkanes of at least 4 members (excludes halogenated alkanes) is 1. The number of amides is 4. The molecular formula is C23H38N6O5S. The summed E-state index contributed by atoms with van der Waals surface area (Å²) < 4.78 is 10.9. The lowest BCUT2D eigenvalue weighted by Gasteiger charge is -2.16. The number of ether oxygens (including phenoxy) is 2. The molecule has 4 atom stereocenters. The third-order valence-electron chi connectivity index (χ3n) is 6.01. The average molecular weight is 511 g/mol. The van der Waals surface area contributed by atoms with Gasteiger partial charge in [-0.05, 0) is 25.0 Å². The standard InChI is InChI=1S/C23H38N6O5S/c24-17(14-16-4-3-7-25-16)22(31)27-9-11-34-13-12-33-10-8-26-20(30)6-2-1-5-19-21-18(15-35-19)28-23(32)29-21/h3-4,7,17-19,21,25H,1-2,5-6,8-15,24H2,(H,26,30)(H,27,31)(H2,28,29,32). The van der Waals surface area contributed by atoms with Gasteiger partial charge in [0.05, 0.1) is 44.6 Å². The maximum absolute atomic E-state index is 12.0. The predicted molar refractivity (Wildman–Crippen MR) is 134 cm³/mol. The van der Waals surface area contributed by atoms with Crippen LogP contribution in [0, 0.1) is 0 Å². The molecule has 0 spiro atoms. The zero-order chi connectivity index (χ0) is 24.9. The highest BCUT2D eigenvalue weighted by Crippen LogP contribution is 2.33. The highest BCUT2D eigenvalue weighted by Gasteiger charge is 2.42. The second-order valence-corrected chi connectivity index (χ2v) is 10.0. The first-order valence-corrected chi connectivity index (χ1v) is 13.3. The Balaban J connectivity index is 1.07. The molecule has 2 fully saturated rings. The van der Waals surface area contributed by atoms with E-state index in [0.717, 1.165) is 30.7 Å². The number of urea groups is 1. The van der Waals surface area contributed by atoms with Crippen LogP contribution in [0.4, 0.5) is 4.79 Å². The largest absolute Gasteiger partial charge is 0.377 e. The van der Waals surface area contributed by atoms with E-state index in [2.05, 4.69) is 26.3 Å². The van der Waals surface area contributed by atoms with Crippen molar-refractivity contribution in [3.05, 3.63) is 24.0 Å². The van der Waals surface area contributed by atoms with E-state index >= 15 is 0 Å². The molecule has 7 N–H and O–H groups in total. The van der Waals surface area contributed by atoms with Crippen LogP contribution in [0.2, 0.25) is 0 Å². The van der Waals surface area contributed by atoms with Gasteiger partial charge >= 0.3 is 6.03 Å². The molecule has 2 aliphatic heterocycles. The minimum absolute atomic E-state index is 0.0304. The van der Waals surface area contributed by atoms with Crippen LogP contribution in [-0.2, 0) is 25.5 Å². The molecule has 0 saturated carbocycles. The Hall–Kier alpha value is -2.28. The van der Waals surface area contributed by atoms with E-state index in [1.54, 1.807) is 6.20 Å². The number of thioether (sulfide) groups is 1. The summed E-state index contributed by atoms with van der Waals surface area (Å²) in [4.78, 5) is 38.3. The molecule has 0 radical (unpaired) electrons. The van der Waals surface area contributed by atoms with Gasteiger partial charge in [0, 0.05) is 48.8 Å². The molecule has 35 heavy (non-hydrogen) atoms. The summed E-state index contributed by atoms with van der Waals surface area (Å²) >= 11 is 1.90. The van der Waals surface area contributed by atoms with Crippen molar-refractivity contribution in [2.45, 2.75) is 55.5 Å². The lowest BCUT2D eigenvalue weighted by molar-refractivity contribution is -0.123. The van der Waals surface area contributed by atoms with Crippen LogP contribution in [0.1, 0.15) is 31.4 Å². The summed E-state index contributed by atoms with van der Waals surface area (Å²) in [6.45, 7) is 2.49. The fraction of sp³-hybridized carbons (Fsp3) is 0.696. The molecule has 0 bridgehead atoms. The van der Waals surface area contributed by atoms with Gasteiger partial charge in [-0.25, -0.2) is 4.79 Å². The monoisotopic (exact) mass is 510 g/mol. The van der Waals surface area contributed by atoms with Crippen molar-refractivity contribution in [3.63, 3.8) is 0 Å².